The number of ether oxygens (including phenoxy) is 1. The number of pyridine rings is 1. The molecular weight excluding hydrogens is 506 g/mol. The summed E-state index contributed by atoms with van der Waals surface area (Å²) in [5, 5.41) is 6.04. The lowest BCUT2D eigenvalue weighted by Crippen LogP contribution is -2.30. The standard InChI is InChI=1S/C30H33N7O3/c1-4-20-13-14-32-24(19-20)34-30(39)22-11-9-21(10-12-22)26-27-28(31-2)33-15-17-37(27)29(35-26)23-7-5-16-36(23)25(38)8-6-18-40-3/h6,8-15,17,19,23H,4-5,7,16,18H2,1-3H3,(H,31,33)(H,32,34,39)/b8-6+. The number of likely N-dealkylation sites (tertiary alicyclic amines) is 1. The number of hydrogen-bond acceptors (Lipinski definition) is 7. The van der Waals surface area contributed by atoms with Crippen molar-refractivity contribution in [2.24, 2.45) is 0 Å². The van der Waals surface area contributed by atoms with Crippen molar-refractivity contribution in [2.75, 3.05) is 37.9 Å². The van der Waals surface area contributed by atoms with Gasteiger partial charge in [-0.05, 0) is 49.1 Å². The number of carbonyl (C=O) groups is 2. The Morgan fingerprint density at radius 3 is 2.73 bits per heavy atom. The van der Waals surface area contributed by atoms with Gasteiger partial charge in [0.05, 0.1) is 12.6 Å². The van der Waals surface area contributed by atoms with Gasteiger partial charge in [0.1, 0.15) is 22.9 Å². The number of rotatable bonds is 9. The highest BCUT2D eigenvalue weighted by Crippen LogP contribution is 2.37. The number of imidazole rings is 1. The van der Waals surface area contributed by atoms with E-state index in [2.05, 4.69) is 27.5 Å². The van der Waals surface area contributed by atoms with Crippen LogP contribution in [0, 0.1) is 0 Å². The van der Waals surface area contributed by atoms with E-state index in [1.165, 1.54) is 0 Å². The predicted molar refractivity (Wildman–Crippen MR) is 154 cm³/mol. The fraction of sp³-hybridized carbons (Fsp3) is 0.300. The van der Waals surface area contributed by atoms with Crippen LogP contribution in [0.1, 0.15) is 47.6 Å². The summed E-state index contributed by atoms with van der Waals surface area (Å²) in [6.07, 6.45) is 11.2. The van der Waals surface area contributed by atoms with E-state index in [9.17, 15) is 9.59 Å². The van der Waals surface area contributed by atoms with Crippen LogP contribution in [0.3, 0.4) is 0 Å². The maximum Gasteiger partial charge on any atom is 0.256 e. The highest BCUT2D eigenvalue weighted by atomic mass is 16.5. The largest absolute Gasteiger partial charge is 0.381 e. The van der Waals surface area contributed by atoms with Crippen LogP contribution in [0.25, 0.3) is 16.8 Å². The molecule has 3 aromatic heterocycles. The van der Waals surface area contributed by atoms with Crippen LogP contribution in [0.2, 0.25) is 0 Å². The van der Waals surface area contributed by atoms with Crippen LogP contribution in [0.5, 0.6) is 0 Å². The third-order valence-corrected chi connectivity index (χ3v) is 7.07. The average molecular weight is 540 g/mol. The molecule has 1 unspecified atom stereocenters. The molecule has 1 fully saturated rings. The third-order valence-electron chi connectivity index (χ3n) is 7.07. The lowest BCUT2D eigenvalue weighted by molar-refractivity contribution is -0.127. The van der Waals surface area contributed by atoms with Crippen LogP contribution in [-0.2, 0) is 16.0 Å². The van der Waals surface area contributed by atoms with Gasteiger partial charge in [0, 0.05) is 56.5 Å². The molecule has 0 spiro atoms. The molecule has 0 aliphatic carbocycles. The van der Waals surface area contributed by atoms with Gasteiger partial charge in [0.15, 0.2) is 5.82 Å². The molecular formula is C30H33N7O3. The van der Waals surface area contributed by atoms with Crippen LogP contribution in [0.4, 0.5) is 11.6 Å². The fourth-order valence-corrected chi connectivity index (χ4v) is 5.05. The van der Waals surface area contributed by atoms with Gasteiger partial charge in [-0.2, -0.15) is 0 Å². The van der Waals surface area contributed by atoms with Gasteiger partial charge in [0.2, 0.25) is 5.91 Å². The summed E-state index contributed by atoms with van der Waals surface area (Å²) in [4.78, 5) is 41.6. The molecule has 5 rings (SSSR count). The highest BCUT2D eigenvalue weighted by Gasteiger charge is 2.33. The van der Waals surface area contributed by atoms with Gasteiger partial charge in [-0.1, -0.05) is 25.1 Å². The Bertz CT molecular complexity index is 1540. The van der Waals surface area contributed by atoms with E-state index in [1.807, 2.05) is 46.8 Å². The maximum atomic E-state index is 13.0. The quantitative estimate of drug-likeness (QED) is 0.301. The summed E-state index contributed by atoms with van der Waals surface area (Å²) in [6, 6.07) is 11.0. The van der Waals surface area contributed by atoms with Gasteiger partial charge in [-0.3, -0.25) is 14.0 Å². The Morgan fingerprint density at radius 1 is 1.15 bits per heavy atom. The fourth-order valence-electron chi connectivity index (χ4n) is 5.05. The summed E-state index contributed by atoms with van der Waals surface area (Å²) < 4.78 is 7.06. The molecule has 2 N–H and O–H groups in total. The molecule has 0 radical (unpaired) electrons. The van der Waals surface area contributed by atoms with Crippen molar-refractivity contribution in [3.8, 4) is 11.3 Å². The minimum absolute atomic E-state index is 0.0601. The summed E-state index contributed by atoms with van der Waals surface area (Å²) in [6.45, 7) is 3.10. The third kappa shape index (κ3) is 5.43. The number of methoxy groups -OCH3 is 1. The van der Waals surface area contributed by atoms with Crippen molar-refractivity contribution in [2.45, 2.75) is 32.2 Å². The van der Waals surface area contributed by atoms with Crippen LogP contribution in [-0.4, -0.2) is 63.4 Å². The van der Waals surface area contributed by atoms with E-state index in [0.717, 1.165) is 47.4 Å². The Labute approximate surface area is 233 Å². The van der Waals surface area contributed by atoms with E-state index in [-0.39, 0.29) is 17.9 Å². The summed E-state index contributed by atoms with van der Waals surface area (Å²) >= 11 is 0. The molecule has 2 amide bonds. The lowest BCUT2D eigenvalue weighted by atomic mass is 10.1. The van der Waals surface area contributed by atoms with E-state index in [1.54, 1.807) is 43.8 Å². The van der Waals surface area contributed by atoms with Gasteiger partial charge >= 0.3 is 0 Å². The van der Waals surface area contributed by atoms with Gasteiger partial charge in [0.25, 0.3) is 5.91 Å². The number of nitrogens with zero attached hydrogens (tertiary/aromatic N) is 5. The van der Waals surface area contributed by atoms with E-state index in [4.69, 9.17) is 9.72 Å². The number of benzene rings is 1. The van der Waals surface area contributed by atoms with Crippen LogP contribution < -0.4 is 10.6 Å². The van der Waals surface area contributed by atoms with Crippen molar-refractivity contribution in [3.63, 3.8) is 0 Å². The normalized spacial score (nSPS) is 15.2. The molecule has 0 saturated carbocycles. The second-order valence-electron chi connectivity index (χ2n) is 9.54. The van der Waals surface area contributed by atoms with Crippen LogP contribution >= 0.6 is 0 Å². The highest BCUT2D eigenvalue weighted by molar-refractivity contribution is 6.04. The molecule has 10 heteroatoms. The number of fused-ring (bicyclic) bond motifs is 1. The SMILES string of the molecule is CCc1ccnc(NC(=O)c2ccc(-c3nc(C4CCCN4C(=O)/C=C/COC)n4ccnc(NC)c34)cc2)c1. The minimum atomic E-state index is -0.234. The first-order valence-corrected chi connectivity index (χ1v) is 13.4. The minimum Gasteiger partial charge on any atom is -0.381 e. The molecule has 206 valence electrons. The summed E-state index contributed by atoms with van der Waals surface area (Å²) in [7, 11) is 3.42. The zero-order valence-electron chi connectivity index (χ0n) is 22.9. The first-order chi connectivity index (χ1) is 19.5. The first-order valence-electron chi connectivity index (χ1n) is 13.4. The monoisotopic (exact) mass is 539 g/mol. The van der Waals surface area contributed by atoms with E-state index in [0.29, 0.717) is 30.4 Å². The van der Waals surface area contributed by atoms with Gasteiger partial charge in [-0.15, -0.1) is 0 Å². The van der Waals surface area contributed by atoms with Crippen molar-refractivity contribution in [1.82, 2.24) is 24.3 Å². The van der Waals surface area contributed by atoms with Crippen LogP contribution in [0.15, 0.2) is 67.1 Å². The molecule has 1 atom stereocenters. The molecule has 0 bridgehead atoms. The number of anilines is 2. The average Bonchev–Trinajstić information content (AvgIpc) is 3.62. The predicted octanol–water partition coefficient (Wildman–Crippen LogP) is 4.51. The van der Waals surface area contributed by atoms with Crippen molar-refractivity contribution in [1.29, 1.82) is 0 Å². The molecule has 4 heterocycles. The molecule has 4 aromatic rings. The van der Waals surface area contributed by atoms with Gasteiger partial charge < -0.3 is 20.3 Å². The molecule has 1 saturated heterocycles. The number of nitrogens with one attached hydrogen (secondary N) is 2. The van der Waals surface area contributed by atoms with Crippen molar-refractivity contribution < 1.29 is 14.3 Å². The number of hydrogen-bond donors (Lipinski definition) is 2. The topological polar surface area (TPSA) is 114 Å². The molecule has 40 heavy (non-hydrogen) atoms. The summed E-state index contributed by atoms with van der Waals surface area (Å²) in [5.41, 5.74) is 3.99. The number of aromatic nitrogens is 4. The van der Waals surface area contributed by atoms with E-state index >= 15 is 0 Å². The maximum absolute atomic E-state index is 13.0. The first kappa shape index (κ1) is 27.0. The van der Waals surface area contributed by atoms with Crippen molar-refractivity contribution in [3.05, 3.63) is 84.1 Å². The summed E-state index contributed by atoms with van der Waals surface area (Å²) in [5.74, 6) is 1.68. The number of amides is 2. The molecule has 1 aliphatic heterocycles. The Morgan fingerprint density at radius 2 is 1.98 bits per heavy atom. The molecule has 1 aliphatic rings. The van der Waals surface area contributed by atoms with Crippen molar-refractivity contribution >= 4 is 29.0 Å². The second kappa shape index (κ2) is 12.1. The van der Waals surface area contributed by atoms with E-state index < -0.39 is 0 Å². The Balaban J connectivity index is 1.47. The lowest BCUT2D eigenvalue weighted by Gasteiger charge is -2.22. The smallest absolute Gasteiger partial charge is 0.256 e. The molecule has 1 aromatic carbocycles. The zero-order chi connectivity index (χ0) is 28.1. The number of carbonyl (C=O) groups excluding carboxylic acids is 2. The second-order valence-corrected chi connectivity index (χ2v) is 9.54. The zero-order valence-corrected chi connectivity index (χ0v) is 22.9. The Hall–Kier alpha value is -4.57. The van der Waals surface area contributed by atoms with Gasteiger partial charge in [-0.25, -0.2) is 15.0 Å². The number of aryl methyl sites for hydroxylation is 1. The Kier molecular flexibility index (Phi) is 8.16. The molecule has 10 nitrogen and oxygen atoms in total.